The number of ether oxygens (including phenoxy) is 2. The molecule has 44 heavy (non-hydrogen) atoms. The molecule has 2 aromatic rings. The Bertz CT molecular complexity index is 1480. The van der Waals surface area contributed by atoms with E-state index in [0.717, 1.165) is 86.4 Å². The van der Waals surface area contributed by atoms with Crippen LogP contribution in [0.3, 0.4) is 0 Å². The molecule has 0 bridgehead atoms. The monoisotopic (exact) mass is 604 g/mol. The average Bonchev–Trinajstić information content (AvgIpc) is 3.53. The molecule has 4 aliphatic heterocycles. The Kier molecular flexibility index (Phi) is 7.30. The number of nitriles is 1. The molecular formula is C34H45FN6O3. The molecule has 1 spiro atoms. The van der Waals surface area contributed by atoms with E-state index in [9.17, 15) is 14.8 Å². The summed E-state index contributed by atoms with van der Waals surface area (Å²) in [6.07, 6.45) is 5.53. The molecule has 0 radical (unpaired) electrons. The van der Waals surface area contributed by atoms with Crippen molar-refractivity contribution in [1.82, 2.24) is 14.9 Å². The number of nitrogen functional groups attached to an aromatic ring is 1. The molecule has 1 aromatic heterocycles. The molecule has 0 amide bonds. The number of benzene rings is 1. The maximum Gasteiger partial charge on any atom is 0.318 e. The molecule has 9 nitrogen and oxygen atoms in total. The molecule has 5 heterocycles. The van der Waals surface area contributed by atoms with Gasteiger partial charge in [-0.05, 0) is 82.4 Å². The fraction of sp³-hybridized carbons (Fsp3) is 0.676. The molecule has 3 saturated heterocycles. The van der Waals surface area contributed by atoms with Crippen LogP contribution in [0.2, 0.25) is 0 Å². The van der Waals surface area contributed by atoms with E-state index in [2.05, 4.69) is 28.9 Å². The van der Waals surface area contributed by atoms with E-state index in [4.69, 9.17) is 25.2 Å². The summed E-state index contributed by atoms with van der Waals surface area (Å²) in [5.41, 5.74) is 9.43. The topological polar surface area (TPSA) is 121 Å². The summed E-state index contributed by atoms with van der Waals surface area (Å²) in [5, 5.41) is 20.8. The molecule has 1 aromatic carbocycles. The van der Waals surface area contributed by atoms with Gasteiger partial charge in [0, 0.05) is 49.3 Å². The lowest BCUT2D eigenvalue weighted by Gasteiger charge is -2.45. The maximum absolute atomic E-state index is 14.5. The highest BCUT2D eigenvalue weighted by atomic mass is 19.1. The molecular weight excluding hydrogens is 559 g/mol. The Labute approximate surface area is 259 Å². The smallest absolute Gasteiger partial charge is 0.318 e. The number of piperidine rings is 1. The number of hydrogen-bond donors (Lipinski definition) is 2. The predicted molar refractivity (Wildman–Crippen MR) is 165 cm³/mol. The zero-order valence-corrected chi connectivity index (χ0v) is 26.2. The van der Waals surface area contributed by atoms with Gasteiger partial charge in [-0.1, -0.05) is 13.0 Å². The van der Waals surface area contributed by atoms with Gasteiger partial charge in [0.15, 0.2) is 0 Å². The third-order valence-electron chi connectivity index (χ3n) is 11.4. The zero-order chi connectivity index (χ0) is 30.9. The van der Waals surface area contributed by atoms with Crippen LogP contribution in [0.5, 0.6) is 6.01 Å². The van der Waals surface area contributed by atoms with Crippen LogP contribution >= 0.6 is 0 Å². The Morgan fingerprint density at radius 3 is 2.75 bits per heavy atom. The molecule has 236 valence electrons. The largest absolute Gasteiger partial charge is 0.461 e. The third-order valence-corrected chi connectivity index (χ3v) is 11.4. The van der Waals surface area contributed by atoms with Gasteiger partial charge in [-0.25, -0.2) is 4.39 Å². The minimum Gasteiger partial charge on any atom is -0.461 e. The van der Waals surface area contributed by atoms with Crippen LogP contribution in [-0.2, 0) is 23.4 Å². The van der Waals surface area contributed by atoms with Crippen molar-refractivity contribution in [2.24, 2.45) is 5.92 Å². The van der Waals surface area contributed by atoms with Crippen molar-refractivity contribution < 1.29 is 19.0 Å². The Morgan fingerprint density at radius 1 is 1.20 bits per heavy atom. The Hall–Kier alpha value is -3.00. The minimum absolute atomic E-state index is 0.214. The first-order valence-corrected chi connectivity index (χ1v) is 16.4. The quantitative estimate of drug-likeness (QED) is 0.466. The van der Waals surface area contributed by atoms with Crippen LogP contribution in [0, 0.1) is 17.2 Å². The number of anilines is 2. The number of nitrogens with two attached hydrogens (primary N) is 1. The highest BCUT2D eigenvalue weighted by Crippen LogP contribution is 2.51. The standard InChI is InChI=1S/C34H45FN6O3/c1-21-7-11-34(29-24(21)5-6-27(37)25(29)17-36)16-28-26(19-44-34)30(40-13-8-22(9-14-40)32(2,3)42)39-31(38-28)43-20-33-10-4-12-41(33)18-23(35)15-33/h5-6,21-23,42H,4,7-16,18-20,37H2,1-3H3. The number of halogens is 1. The fourth-order valence-corrected chi connectivity index (χ4v) is 8.80. The van der Waals surface area contributed by atoms with Crippen LogP contribution in [0.4, 0.5) is 15.9 Å². The summed E-state index contributed by atoms with van der Waals surface area (Å²) < 4.78 is 27.8. The van der Waals surface area contributed by atoms with E-state index in [0.29, 0.717) is 55.8 Å². The molecule has 7 rings (SSSR count). The van der Waals surface area contributed by atoms with Gasteiger partial charge in [0.1, 0.15) is 30.3 Å². The second-order valence-electron chi connectivity index (χ2n) is 14.5. The summed E-state index contributed by atoms with van der Waals surface area (Å²) >= 11 is 0. The van der Waals surface area contributed by atoms with Gasteiger partial charge < -0.3 is 25.2 Å². The van der Waals surface area contributed by atoms with Crippen molar-refractivity contribution in [3.05, 3.63) is 40.1 Å². The van der Waals surface area contributed by atoms with Gasteiger partial charge in [-0.2, -0.15) is 15.2 Å². The Morgan fingerprint density at radius 2 is 2.00 bits per heavy atom. The van der Waals surface area contributed by atoms with E-state index < -0.39 is 17.4 Å². The van der Waals surface area contributed by atoms with Gasteiger partial charge >= 0.3 is 6.01 Å². The first kappa shape index (κ1) is 29.7. The molecule has 1 aliphatic carbocycles. The van der Waals surface area contributed by atoms with Gasteiger partial charge in [0.2, 0.25) is 0 Å². The van der Waals surface area contributed by atoms with Crippen molar-refractivity contribution in [2.45, 2.75) is 108 Å². The second-order valence-corrected chi connectivity index (χ2v) is 14.5. The lowest BCUT2D eigenvalue weighted by atomic mass is 9.69. The number of nitrogens with zero attached hydrogens (tertiary/aromatic N) is 5. The predicted octanol–water partition coefficient (Wildman–Crippen LogP) is 4.74. The van der Waals surface area contributed by atoms with Gasteiger partial charge in [0.25, 0.3) is 0 Å². The molecule has 3 fully saturated rings. The summed E-state index contributed by atoms with van der Waals surface area (Å²) in [6.45, 7) is 9.56. The van der Waals surface area contributed by atoms with E-state index >= 15 is 0 Å². The zero-order valence-electron chi connectivity index (χ0n) is 26.2. The van der Waals surface area contributed by atoms with Crippen LogP contribution in [0.15, 0.2) is 12.1 Å². The van der Waals surface area contributed by atoms with E-state index in [1.807, 2.05) is 19.9 Å². The summed E-state index contributed by atoms with van der Waals surface area (Å²) in [4.78, 5) is 14.5. The molecule has 10 heteroatoms. The van der Waals surface area contributed by atoms with E-state index in [1.54, 1.807) is 0 Å². The SMILES string of the molecule is CC1CCC2(Cc3nc(OCC45CCCN4CC(F)C5)nc(N4CCC(C(C)(C)O)CC4)c3CO2)c2c1ccc(N)c2C#N. The van der Waals surface area contributed by atoms with Crippen molar-refractivity contribution >= 4 is 11.5 Å². The highest BCUT2D eigenvalue weighted by Gasteiger charge is 2.50. The van der Waals surface area contributed by atoms with Crippen molar-refractivity contribution in [1.29, 1.82) is 5.26 Å². The summed E-state index contributed by atoms with van der Waals surface area (Å²) in [6, 6.07) is 6.59. The first-order valence-electron chi connectivity index (χ1n) is 16.4. The van der Waals surface area contributed by atoms with Crippen molar-refractivity contribution in [3.8, 4) is 12.1 Å². The van der Waals surface area contributed by atoms with Gasteiger partial charge in [-0.3, -0.25) is 4.90 Å². The maximum atomic E-state index is 14.5. The van der Waals surface area contributed by atoms with Gasteiger partial charge in [-0.15, -0.1) is 0 Å². The number of fused-ring (bicyclic) bond motifs is 4. The van der Waals surface area contributed by atoms with Crippen molar-refractivity contribution in [2.75, 3.05) is 43.4 Å². The summed E-state index contributed by atoms with van der Waals surface area (Å²) in [5.74, 6) is 1.33. The second kappa shape index (κ2) is 10.8. The molecule has 5 aliphatic rings. The van der Waals surface area contributed by atoms with Gasteiger partial charge in [0.05, 0.1) is 29.0 Å². The lowest BCUT2D eigenvalue weighted by Crippen LogP contribution is -2.45. The van der Waals surface area contributed by atoms with Crippen LogP contribution in [0.25, 0.3) is 0 Å². The number of alkyl halides is 1. The molecule has 0 saturated carbocycles. The first-order chi connectivity index (χ1) is 21.0. The number of hydrogen-bond acceptors (Lipinski definition) is 9. The molecule has 3 N–H and O–H groups in total. The Balaban J connectivity index is 1.25. The fourth-order valence-electron chi connectivity index (χ4n) is 8.80. The number of rotatable bonds is 5. The summed E-state index contributed by atoms with van der Waals surface area (Å²) in [7, 11) is 0. The third kappa shape index (κ3) is 4.92. The molecule has 4 atom stereocenters. The van der Waals surface area contributed by atoms with Crippen LogP contribution in [0.1, 0.15) is 99.6 Å². The minimum atomic E-state index is -0.830. The van der Waals surface area contributed by atoms with Crippen LogP contribution < -0.4 is 15.4 Å². The van der Waals surface area contributed by atoms with Crippen LogP contribution in [-0.4, -0.2) is 70.1 Å². The van der Waals surface area contributed by atoms with E-state index in [1.165, 1.54) is 0 Å². The van der Waals surface area contributed by atoms with Crippen molar-refractivity contribution in [3.63, 3.8) is 0 Å². The molecule has 4 unspecified atom stereocenters. The lowest BCUT2D eigenvalue weighted by molar-refractivity contribution is -0.0873. The number of aromatic nitrogens is 2. The number of aliphatic hydroxyl groups is 1. The normalized spacial score (nSPS) is 30.6. The average molecular weight is 605 g/mol. The highest BCUT2D eigenvalue weighted by molar-refractivity contribution is 5.64. The van der Waals surface area contributed by atoms with E-state index in [-0.39, 0.29) is 11.5 Å².